The highest BCUT2D eigenvalue weighted by atomic mass is 35.5. The van der Waals surface area contributed by atoms with Gasteiger partial charge in [0.15, 0.2) is 0 Å². The second-order valence-electron chi connectivity index (χ2n) is 4.77. The number of alkyl halides is 1. The van der Waals surface area contributed by atoms with Gasteiger partial charge in [-0.25, -0.2) is 0 Å². The monoisotopic (exact) mass is 292 g/mol. The van der Waals surface area contributed by atoms with Crippen molar-refractivity contribution in [3.05, 3.63) is 64.2 Å². The molecular formula is C16H14Cl2O. The van der Waals surface area contributed by atoms with Gasteiger partial charge >= 0.3 is 0 Å². The van der Waals surface area contributed by atoms with E-state index >= 15 is 0 Å². The summed E-state index contributed by atoms with van der Waals surface area (Å²) in [7, 11) is 0. The van der Waals surface area contributed by atoms with Gasteiger partial charge in [0, 0.05) is 11.5 Å². The van der Waals surface area contributed by atoms with Crippen LogP contribution in [0.4, 0.5) is 0 Å². The fraction of sp³-hybridized carbons (Fsp3) is 0.250. The Morgan fingerprint density at radius 2 is 1.95 bits per heavy atom. The Labute approximate surface area is 123 Å². The number of fused-ring (bicyclic) bond motifs is 1. The van der Waals surface area contributed by atoms with E-state index in [2.05, 4.69) is 24.3 Å². The average Bonchev–Trinajstić information content (AvgIpc) is 2.41. The van der Waals surface area contributed by atoms with Crippen LogP contribution in [0.3, 0.4) is 0 Å². The first-order chi connectivity index (χ1) is 9.29. The van der Waals surface area contributed by atoms with Gasteiger partial charge < -0.3 is 4.74 Å². The largest absolute Gasteiger partial charge is 0.491 e. The maximum Gasteiger partial charge on any atom is 0.142 e. The van der Waals surface area contributed by atoms with Crippen molar-refractivity contribution in [2.45, 2.75) is 18.2 Å². The van der Waals surface area contributed by atoms with Crippen molar-refractivity contribution in [3.63, 3.8) is 0 Å². The van der Waals surface area contributed by atoms with Gasteiger partial charge in [-0.05, 0) is 23.6 Å². The molecule has 1 unspecified atom stereocenters. The first-order valence-corrected chi connectivity index (χ1v) is 7.25. The molecule has 0 saturated heterocycles. The highest BCUT2D eigenvalue weighted by molar-refractivity contribution is 6.32. The van der Waals surface area contributed by atoms with Crippen LogP contribution < -0.4 is 4.74 Å². The number of hydrogen-bond donors (Lipinski definition) is 0. The molecule has 3 rings (SSSR count). The van der Waals surface area contributed by atoms with Crippen LogP contribution in [0.5, 0.6) is 5.75 Å². The molecule has 1 aliphatic rings. The Hall–Kier alpha value is -1.18. The van der Waals surface area contributed by atoms with Crippen molar-refractivity contribution < 1.29 is 4.74 Å². The van der Waals surface area contributed by atoms with Crippen LogP contribution >= 0.6 is 23.2 Å². The third kappa shape index (κ3) is 2.45. The van der Waals surface area contributed by atoms with E-state index in [-0.39, 0.29) is 0 Å². The third-order valence-electron chi connectivity index (χ3n) is 3.58. The fourth-order valence-corrected chi connectivity index (χ4v) is 2.97. The van der Waals surface area contributed by atoms with Crippen molar-refractivity contribution >= 4 is 23.2 Å². The summed E-state index contributed by atoms with van der Waals surface area (Å²) in [6.45, 7) is 0.657. The van der Waals surface area contributed by atoms with Gasteiger partial charge in [-0.2, -0.15) is 0 Å². The van der Waals surface area contributed by atoms with Gasteiger partial charge in [0.25, 0.3) is 0 Å². The molecule has 2 aromatic carbocycles. The van der Waals surface area contributed by atoms with Gasteiger partial charge in [-0.1, -0.05) is 48.0 Å². The SMILES string of the molecule is ClCc1cccc(Cl)c1OCC1Cc2ccccc21. The van der Waals surface area contributed by atoms with Crippen molar-refractivity contribution in [2.24, 2.45) is 0 Å². The molecule has 0 N–H and O–H groups in total. The highest BCUT2D eigenvalue weighted by Crippen LogP contribution is 2.37. The third-order valence-corrected chi connectivity index (χ3v) is 4.17. The number of halogens is 2. The Morgan fingerprint density at radius 3 is 2.74 bits per heavy atom. The number of para-hydroxylation sites is 1. The zero-order chi connectivity index (χ0) is 13.2. The van der Waals surface area contributed by atoms with Crippen LogP contribution in [0.25, 0.3) is 0 Å². The van der Waals surface area contributed by atoms with Crippen LogP contribution in [0.2, 0.25) is 5.02 Å². The molecule has 0 aromatic heterocycles. The van der Waals surface area contributed by atoms with E-state index in [1.807, 2.05) is 18.2 Å². The van der Waals surface area contributed by atoms with Gasteiger partial charge in [0.1, 0.15) is 5.75 Å². The molecule has 1 nitrogen and oxygen atoms in total. The summed E-state index contributed by atoms with van der Waals surface area (Å²) in [6, 6.07) is 14.2. The minimum atomic E-state index is 0.414. The van der Waals surface area contributed by atoms with E-state index in [9.17, 15) is 0 Å². The number of hydrogen-bond acceptors (Lipinski definition) is 1. The van der Waals surface area contributed by atoms with E-state index < -0.39 is 0 Å². The molecule has 0 radical (unpaired) electrons. The lowest BCUT2D eigenvalue weighted by Crippen LogP contribution is -2.23. The predicted octanol–water partition coefficient (Wildman–Crippen LogP) is 4.80. The second-order valence-corrected chi connectivity index (χ2v) is 5.45. The zero-order valence-corrected chi connectivity index (χ0v) is 11.9. The first kappa shape index (κ1) is 12.8. The smallest absolute Gasteiger partial charge is 0.142 e. The molecule has 1 atom stereocenters. The molecule has 1 aliphatic carbocycles. The molecule has 0 saturated carbocycles. The quantitative estimate of drug-likeness (QED) is 0.736. The maximum absolute atomic E-state index is 6.17. The Morgan fingerprint density at radius 1 is 1.11 bits per heavy atom. The standard InChI is InChI=1S/C16H14Cl2O/c17-9-12-5-3-7-15(18)16(12)19-10-13-8-11-4-1-2-6-14(11)13/h1-7,13H,8-10H2. The van der Waals surface area contributed by atoms with E-state index in [4.69, 9.17) is 27.9 Å². The van der Waals surface area contributed by atoms with Gasteiger partial charge in [0.05, 0.1) is 17.5 Å². The van der Waals surface area contributed by atoms with E-state index in [0.29, 0.717) is 23.4 Å². The van der Waals surface area contributed by atoms with Gasteiger partial charge in [-0.15, -0.1) is 11.6 Å². The molecule has 3 heteroatoms. The summed E-state index contributed by atoms with van der Waals surface area (Å²) in [5.74, 6) is 1.61. The normalized spacial score (nSPS) is 16.6. The summed E-state index contributed by atoms with van der Waals surface area (Å²) < 4.78 is 5.90. The summed E-state index contributed by atoms with van der Waals surface area (Å²) in [4.78, 5) is 0. The lowest BCUT2D eigenvalue weighted by molar-refractivity contribution is 0.273. The minimum absolute atomic E-state index is 0.414. The number of benzene rings is 2. The van der Waals surface area contributed by atoms with E-state index in [0.717, 1.165) is 17.7 Å². The zero-order valence-electron chi connectivity index (χ0n) is 10.4. The molecule has 2 aromatic rings. The molecule has 0 amide bonds. The van der Waals surface area contributed by atoms with Crippen molar-refractivity contribution in [3.8, 4) is 5.75 Å². The molecular weight excluding hydrogens is 279 g/mol. The van der Waals surface area contributed by atoms with Crippen LogP contribution in [-0.4, -0.2) is 6.61 Å². The summed E-state index contributed by atoms with van der Waals surface area (Å²) in [5, 5.41) is 0.630. The molecule has 0 bridgehead atoms. The molecule has 0 fully saturated rings. The molecule has 0 heterocycles. The highest BCUT2D eigenvalue weighted by Gasteiger charge is 2.26. The maximum atomic E-state index is 6.17. The molecule has 0 aliphatic heterocycles. The lowest BCUT2D eigenvalue weighted by Gasteiger charge is -2.30. The fourth-order valence-electron chi connectivity index (χ4n) is 2.52. The minimum Gasteiger partial charge on any atom is -0.491 e. The van der Waals surface area contributed by atoms with Crippen LogP contribution in [0.1, 0.15) is 22.6 Å². The number of ether oxygens (including phenoxy) is 1. The summed E-state index contributed by atoms with van der Waals surface area (Å²) >= 11 is 12.1. The number of rotatable bonds is 4. The molecule has 98 valence electrons. The topological polar surface area (TPSA) is 9.23 Å². The van der Waals surface area contributed by atoms with Crippen molar-refractivity contribution in [1.82, 2.24) is 0 Å². The predicted molar refractivity (Wildman–Crippen MR) is 79.4 cm³/mol. The van der Waals surface area contributed by atoms with Crippen LogP contribution in [0, 0.1) is 0 Å². The van der Waals surface area contributed by atoms with E-state index in [1.165, 1.54) is 11.1 Å². The Bertz CT molecular complexity index is 595. The summed E-state index contributed by atoms with van der Waals surface area (Å²) in [5.41, 5.74) is 3.76. The molecule has 19 heavy (non-hydrogen) atoms. The second kappa shape index (κ2) is 5.44. The first-order valence-electron chi connectivity index (χ1n) is 6.33. The van der Waals surface area contributed by atoms with Crippen molar-refractivity contribution in [1.29, 1.82) is 0 Å². The van der Waals surface area contributed by atoms with Crippen LogP contribution in [0.15, 0.2) is 42.5 Å². The van der Waals surface area contributed by atoms with Crippen LogP contribution in [-0.2, 0) is 12.3 Å². The van der Waals surface area contributed by atoms with Crippen molar-refractivity contribution in [2.75, 3.05) is 6.61 Å². The van der Waals surface area contributed by atoms with Gasteiger partial charge in [0.2, 0.25) is 0 Å². The van der Waals surface area contributed by atoms with E-state index in [1.54, 1.807) is 0 Å². The lowest BCUT2D eigenvalue weighted by atomic mass is 9.78. The average molecular weight is 293 g/mol. The van der Waals surface area contributed by atoms with Gasteiger partial charge in [-0.3, -0.25) is 0 Å². The summed E-state index contributed by atoms with van der Waals surface area (Å²) in [6.07, 6.45) is 1.08. The molecule has 0 spiro atoms. The Kier molecular flexibility index (Phi) is 3.67. The Balaban J connectivity index is 1.72.